The van der Waals surface area contributed by atoms with Crippen LogP contribution < -0.4 is 4.90 Å². The highest BCUT2D eigenvalue weighted by molar-refractivity contribution is 6.29. The van der Waals surface area contributed by atoms with Crippen LogP contribution in [0.5, 0.6) is 0 Å². The van der Waals surface area contributed by atoms with E-state index in [2.05, 4.69) is 4.98 Å². The van der Waals surface area contributed by atoms with Crippen molar-refractivity contribution in [3.8, 4) is 0 Å². The van der Waals surface area contributed by atoms with E-state index in [4.69, 9.17) is 11.6 Å². The normalized spacial score (nSPS) is 12.3. The molecule has 0 fully saturated rings. The largest absolute Gasteiger partial charge is 0.416 e. The van der Waals surface area contributed by atoms with Gasteiger partial charge in [-0.1, -0.05) is 39.3 Å². The van der Waals surface area contributed by atoms with Gasteiger partial charge < -0.3 is 4.90 Å². The van der Waals surface area contributed by atoms with Crippen LogP contribution in [0.3, 0.4) is 0 Å². The van der Waals surface area contributed by atoms with E-state index < -0.39 is 11.7 Å². The first kappa shape index (κ1) is 17.1. The summed E-state index contributed by atoms with van der Waals surface area (Å²) in [5, 5.41) is -0.132. The number of nitrogens with zero attached hydrogens (tertiary/aromatic N) is 2. The molecule has 0 saturated carbocycles. The van der Waals surface area contributed by atoms with Gasteiger partial charge in [0.25, 0.3) is 0 Å². The highest BCUT2D eigenvalue weighted by Crippen LogP contribution is 2.33. The van der Waals surface area contributed by atoms with Gasteiger partial charge in [0.15, 0.2) is 0 Å². The molecular formula is C14H20ClF3N2. The molecule has 1 aromatic rings. The lowest BCUT2D eigenvalue weighted by atomic mass is 10.1. The average molecular weight is 309 g/mol. The molecule has 0 spiro atoms. The van der Waals surface area contributed by atoms with Crippen LogP contribution in [-0.2, 0) is 6.18 Å². The average Bonchev–Trinajstić information content (AvgIpc) is 2.24. The van der Waals surface area contributed by atoms with E-state index in [0.29, 0.717) is 24.9 Å². The van der Waals surface area contributed by atoms with Crippen molar-refractivity contribution in [3.05, 3.63) is 22.8 Å². The molecule has 0 radical (unpaired) electrons. The lowest BCUT2D eigenvalue weighted by molar-refractivity contribution is -0.137. The van der Waals surface area contributed by atoms with Gasteiger partial charge >= 0.3 is 6.18 Å². The number of anilines is 1. The summed E-state index contributed by atoms with van der Waals surface area (Å²) in [5.74, 6) is 0.931. The predicted molar refractivity (Wildman–Crippen MR) is 76.1 cm³/mol. The molecule has 114 valence electrons. The molecule has 6 heteroatoms. The smallest absolute Gasteiger partial charge is 0.356 e. The van der Waals surface area contributed by atoms with Gasteiger partial charge in [-0.05, 0) is 24.0 Å². The van der Waals surface area contributed by atoms with Crippen molar-refractivity contribution in [1.29, 1.82) is 0 Å². The van der Waals surface area contributed by atoms with Gasteiger partial charge in [-0.25, -0.2) is 4.98 Å². The van der Waals surface area contributed by atoms with E-state index in [1.165, 1.54) is 0 Å². The topological polar surface area (TPSA) is 16.1 Å². The fourth-order valence-corrected chi connectivity index (χ4v) is 2.16. The minimum Gasteiger partial charge on any atom is -0.356 e. The van der Waals surface area contributed by atoms with Gasteiger partial charge in [0.2, 0.25) is 0 Å². The van der Waals surface area contributed by atoms with E-state index in [0.717, 1.165) is 12.1 Å². The molecule has 0 unspecified atom stereocenters. The van der Waals surface area contributed by atoms with E-state index in [1.54, 1.807) is 0 Å². The van der Waals surface area contributed by atoms with E-state index >= 15 is 0 Å². The SMILES string of the molecule is CC(C)CN(CC(C)C)c1cc(C(F)(F)F)cc(Cl)n1. The van der Waals surface area contributed by atoms with Gasteiger partial charge in [0.1, 0.15) is 11.0 Å². The fourth-order valence-electron chi connectivity index (χ4n) is 1.95. The minimum atomic E-state index is -4.41. The summed E-state index contributed by atoms with van der Waals surface area (Å²) in [6.45, 7) is 9.35. The second-order valence-electron chi connectivity index (χ2n) is 5.73. The zero-order valence-electron chi connectivity index (χ0n) is 12.1. The molecular weight excluding hydrogens is 289 g/mol. The zero-order chi connectivity index (χ0) is 15.5. The maximum absolute atomic E-state index is 12.8. The van der Waals surface area contributed by atoms with Crippen molar-refractivity contribution >= 4 is 17.4 Å². The first-order chi connectivity index (χ1) is 9.09. The van der Waals surface area contributed by atoms with E-state index in [9.17, 15) is 13.2 Å². The third kappa shape index (κ3) is 5.19. The molecule has 0 saturated heterocycles. The van der Waals surface area contributed by atoms with Crippen LogP contribution in [0, 0.1) is 11.8 Å². The van der Waals surface area contributed by atoms with E-state index in [-0.39, 0.29) is 11.0 Å². The molecule has 1 aromatic heterocycles. The molecule has 0 aliphatic heterocycles. The Morgan fingerprint density at radius 1 is 1.10 bits per heavy atom. The highest BCUT2D eigenvalue weighted by Gasteiger charge is 2.32. The Kier molecular flexibility index (Phi) is 5.68. The number of hydrogen-bond acceptors (Lipinski definition) is 2. The van der Waals surface area contributed by atoms with Crippen LogP contribution in [-0.4, -0.2) is 18.1 Å². The van der Waals surface area contributed by atoms with Crippen molar-refractivity contribution in [2.45, 2.75) is 33.9 Å². The first-order valence-electron chi connectivity index (χ1n) is 6.59. The molecule has 0 atom stereocenters. The lowest BCUT2D eigenvalue weighted by Gasteiger charge is -2.28. The third-order valence-electron chi connectivity index (χ3n) is 2.60. The number of pyridine rings is 1. The van der Waals surface area contributed by atoms with Gasteiger partial charge in [0, 0.05) is 13.1 Å². The summed E-state index contributed by atoms with van der Waals surface area (Å²) < 4.78 is 38.5. The molecule has 0 aliphatic rings. The molecule has 0 amide bonds. The van der Waals surface area contributed by atoms with Gasteiger partial charge in [-0.2, -0.15) is 13.2 Å². The molecule has 2 nitrogen and oxygen atoms in total. The molecule has 0 aliphatic carbocycles. The Labute approximate surface area is 122 Å². The number of rotatable bonds is 5. The van der Waals surface area contributed by atoms with Crippen molar-refractivity contribution in [1.82, 2.24) is 4.98 Å². The zero-order valence-corrected chi connectivity index (χ0v) is 12.9. The second-order valence-corrected chi connectivity index (χ2v) is 6.11. The summed E-state index contributed by atoms with van der Waals surface area (Å²) in [4.78, 5) is 5.90. The maximum Gasteiger partial charge on any atom is 0.416 e. The highest BCUT2D eigenvalue weighted by atomic mass is 35.5. The van der Waals surface area contributed by atoms with Crippen LogP contribution in [0.15, 0.2) is 12.1 Å². The van der Waals surface area contributed by atoms with Crippen LogP contribution in [0.2, 0.25) is 5.15 Å². The number of halogens is 4. The minimum absolute atomic E-state index is 0.132. The molecule has 1 rings (SSSR count). The molecule has 0 N–H and O–H groups in total. The number of aromatic nitrogens is 1. The Morgan fingerprint density at radius 2 is 1.60 bits per heavy atom. The van der Waals surface area contributed by atoms with Crippen LogP contribution in [0.1, 0.15) is 33.3 Å². The van der Waals surface area contributed by atoms with Crippen molar-refractivity contribution in [2.24, 2.45) is 11.8 Å². The quantitative estimate of drug-likeness (QED) is 0.721. The van der Waals surface area contributed by atoms with Crippen LogP contribution in [0.25, 0.3) is 0 Å². The molecule has 0 bridgehead atoms. The second kappa shape index (κ2) is 6.66. The summed E-state index contributed by atoms with van der Waals surface area (Å²) in [6.07, 6.45) is -4.41. The Morgan fingerprint density at radius 3 is 2.00 bits per heavy atom. The van der Waals surface area contributed by atoms with Gasteiger partial charge in [-0.3, -0.25) is 0 Å². The Bertz CT molecular complexity index is 435. The summed E-state index contributed by atoms with van der Waals surface area (Å²) >= 11 is 5.74. The first-order valence-corrected chi connectivity index (χ1v) is 6.97. The van der Waals surface area contributed by atoms with Crippen LogP contribution in [0.4, 0.5) is 19.0 Å². The fraction of sp³-hybridized carbons (Fsp3) is 0.643. The Balaban J connectivity index is 3.15. The third-order valence-corrected chi connectivity index (χ3v) is 2.80. The number of hydrogen-bond donors (Lipinski definition) is 0. The molecule has 0 aromatic carbocycles. The van der Waals surface area contributed by atoms with Crippen molar-refractivity contribution in [2.75, 3.05) is 18.0 Å². The summed E-state index contributed by atoms with van der Waals surface area (Å²) in [7, 11) is 0. The van der Waals surface area contributed by atoms with Crippen molar-refractivity contribution < 1.29 is 13.2 Å². The van der Waals surface area contributed by atoms with Crippen molar-refractivity contribution in [3.63, 3.8) is 0 Å². The summed E-state index contributed by atoms with van der Waals surface area (Å²) in [6, 6.07) is 1.92. The maximum atomic E-state index is 12.8. The van der Waals surface area contributed by atoms with Crippen LogP contribution >= 0.6 is 11.6 Å². The molecule has 1 heterocycles. The lowest BCUT2D eigenvalue weighted by Crippen LogP contribution is -2.32. The van der Waals surface area contributed by atoms with Gasteiger partial charge in [0.05, 0.1) is 5.56 Å². The predicted octanol–water partition coefficient (Wildman–Crippen LogP) is 4.87. The summed E-state index contributed by atoms with van der Waals surface area (Å²) in [5.41, 5.74) is -0.759. The van der Waals surface area contributed by atoms with Gasteiger partial charge in [-0.15, -0.1) is 0 Å². The van der Waals surface area contributed by atoms with E-state index in [1.807, 2.05) is 32.6 Å². The monoisotopic (exact) mass is 308 g/mol. The standard InChI is InChI=1S/C14H20ClF3N2/c1-9(2)7-20(8-10(3)4)13-6-11(14(16,17)18)5-12(15)19-13/h5-6,9-10H,7-8H2,1-4H3. The Hall–Kier alpha value is -0.970. The number of alkyl halides is 3. The molecule has 20 heavy (non-hydrogen) atoms.